The number of nitrogens with zero attached hydrogens (tertiary/aromatic N) is 4. The van der Waals surface area contributed by atoms with Gasteiger partial charge < -0.3 is 9.90 Å². The SMILES string of the molecule is O=C([O-])c1ccnc(-n2cnnc2)c1. The number of carboxylic acids is 1. The molecule has 0 saturated carbocycles. The molecule has 2 aromatic heterocycles. The Labute approximate surface area is 78.9 Å². The van der Waals surface area contributed by atoms with E-state index in [4.69, 9.17) is 0 Å². The van der Waals surface area contributed by atoms with Crippen LogP contribution in [0.15, 0.2) is 31.0 Å². The van der Waals surface area contributed by atoms with E-state index in [1.165, 1.54) is 35.6 Å². The van der Waals surface area contributed by atoms with Crippen molar-refractivity contribution < 1.29 is 9.90 Å². The number of rotatable bonds is 2. The summed E-state index contributed by atoms with van der Waals surface area (Å²) in [7, 11) is 0. The topological polar surface area (TPSA) is 83.7 Å². The standard InChI is InChI=1S/C8H6N4O2/c13-8(14)6-1-2-9-7(3-6)12-4-10-11-5-12/h1-5H,(H,13,14)/p-1. The molecule has 0 aliphatic carbocycles. The highest BCUT2D eigenvalue weighted by molar-refractivity contribution is 5.86. The van der Waals surface area contributed by atoms with Crippen molar-refractivity contribution >= 4 is 5.97 Å². The quantitative estimate of drug-likeness (QED) is 0.606. The number of aromatic nitrogens is 4. The molecule has 0 amide bonds. The number of carbonyl (C=O) groups excluding carboxylic acids is 1. The van der Waals surface area contributed by atoms with Gasteiger partial charge in [-0.15, -0.1) is 10.2 Å². The fourth-order valence-electron chi connectivity index (χ4n) is 1.01. The van der Waals surface area contributed by atoms with Crippen LogP contribution in [0, 0.1) is 0 Å². The summed E-state index contributed by atoms with van der Waals surface area (Å²) in [5.74, 6) is -0.793. The average Bonchev–Trinajstić information content (AvgIpc) is 2.71. The molecule has 0 N–H and O–H groups in total. The second kappa shape index (κ2) is 3.25. The Morgan fingerprint density at radius 1 is 1.36 bits per heavy atom. The molecule has 0 fully saturated rings. The van der Waals surface area contributed by atoms with Crippen molar-refractivity contribution in [2.45, 2.75) is 0 Å². The molecule has 6 nitrogen and oxygen atoms in total. The number of aromatic carboxylic acids is 1. The van der Waals surface area contributed by atoms with Crippen LogP contribution in [0.25, 0.3) is 5.82 Å². The molecule has 70 valence electrons. The highest BCUT2D eigenvalue weighted by atomic mass is 16.4. The Bertz CT molecular complexity index is 452. The van der Waals surface area contributed by atoms with Crippen LogP contribution in [-0.2, 0) is 0 Å². The maximum atomic E-state index is 10.5. The van der Waals surface area contributed by atoms with Crippen molar-refractivity contribution in [1.29, 1.82) is 0 Å². The van der Waals surface area contributed by atoms with Gasteiger partial charge in [-0.05, 0) is 12.1 Å². The van der Waals surface area contributed by atoms with Crippen LogP contribution in [0.2, 0.25) is 0 Å². The number of hydrogen-bond acceptors (Lipinski definition) is 5. The normalized spacial score (nSPS) is 10.0. The molecule has 0 spiro atoms. The van der Waals surface area contributed by atoms with Gasteiger partial charge in [-0.2, -0.15) is 0 Å². The fraction of sp³-hybridized carbons (Fsp3) is 0. The van der Waals surface area contributed by atoms with Crippen LogP contribution < -0.4 is 5.11 Å². The number of carboxylic acid groups (broad SMARTS) is 1. The van der Waals surface area contributed by atoms with Gasteiger partial charge in [0.1, 0.15) is 18.5 Å². The summed E-state index contributed by atoms with van der Waals surface area (Å²) in [6, 6.07) is 2.75. The van der Waals surface area contributed by atoms with E-state index in [9.17, 15) is 9.90 Å². The van der Waals surface area contributed by atoms with Crippen LogP contribution in [-0.4, -0.2) is 25.7 Å². The largest absolute Gasteiger partial charge is 0.545 e. The highest BCUT2D eigenvalue weighted by Gasteiger charge is 1.99. The first kappa shape index (κ1) is 8.36. The summed E-state index contributed by atoms with van der Waals surface area (Å²) in [6.07, 6.45) is 4.25. The summed E-state index contributed by atoms with van der Waals surface area (Å²) in [5.41, 5.74) is 0.0729. The third-order valence-electron chi connectivity index (χ3n) is 1.66. The van der Waals surface area contributed by atoms with E-state index in [-0.39, 0.29) is 5.56 Å². The lowest BCUT2D eigenvalue weighted by Gasteiger charge is -2.04. The number of hydrogen-bond donors (Lipinski definition) is 0. The molecule has 2 rings (SSSR count). The second-order valence-corrected chi connectivity index (χ2v) is 2.56. The minimum absolute atomic E-state index is 0.0729. The van der Waals surface area contributed by atoms with Crippen molar-refractivity contribution in [2.75, 3.05) is 0 Å². The molecular formula is C8H5N4O2-. The van der Waals surface area contributed by atoms with E-state index < -0.39 is 5.97 Å². The lowest BCUT2D eigenvalue weighted by Crippen LogP contribution is -2.22. The van der Waals surface area contributed by atoms with Gasteiger partial charge in [0.15, 0.2) is 0 Å². The molecule has 0 aromatic carbocycles. The molecule has 0 unspecified atom stereocenters. The Morgan fingerprint density at radius 2 is 2.07 bits per heavy atom. The Kier molecular flexibility index (Phi) is 1.94. The lowest BCUT2D eigenvalue weighted by atomic mass is 10.2. The van der Waals surface area contributed by atoms with Gasteiger partial charge in [-0.25, -0.2) is 4.98 Å². The van der Waals surface area contributed by atoms with Crippen molar-refractivity contribution in [3.05, 3.63) is 36.5 Å². The Hall–Kier alpha value is -2.24. The molecule has 0 aliphatic rings. The summed E-state index contributed by atoms with van der Waals surface area (Å²) in [6.45, 7) is 0. The molecule has 0 atom stereocenters. The zero-order valence-corrected chi connectivity index (χ0v) is 6.99. The van der Waals surface area contributed by atoms with E-state index in [1.807, 2.05) is 0 Å². The molecule has 0 bridgehead atoms. The van der Waals surface area contributed by atoms with Gasteiger partial charge in [0.2, 0.25) is 0 Å². The van der Waals surface area contributed by atoms with Crippen LogP contribution in [0.5, 0.6) is 0 Å². The smallest absolute Gasteiger partial charge is 0.139 e. The highest BCUT2D eigenvalue weighted by Crippen LogP contribution is 2.04. The molecular weight excluding hydrogens is 184 g/mol. The predicted molar refractivity (Wildman–Crippen MR) is 43.5 cm³/mol. The van der Waals surface area contributed by atoms with E-state index >= 15 is 0 Å². The lowest BCUT2D eigenvalue weighted by molar-refractivity contribution is -0.255. The minimum Gasteiger partial charge on any atom is -0.545 e. The van der Waals surface area contributed by atoms with Crippen molar-refractivity contribution in [1.82, 2.24) is 19.7 Å². The van der Waals surface area contributed by atoms with Gasteiger partial charge in [0.25, 0.3) is 0 Å². The zero-order valence-electron chi connectivity index (χ0n) is 6.99. The van der Waals surface area contributed by atoms with Gasteiger partial charge in [0.05, 0.1) is 5.97 Å². The van der Waals surface area contributed by atoms with Gasteiger partial charge in [-0.1, -0.05) is 0 Å². The number of carbonyl (C=O) groups is 1. The monoisotopic (exact) mass is 189 g/mol. The maximum absolute atomic E-state index is 10.5. The first-order chi connectivity index (χ1) is 6.77. The zero-order chi connectivity index (χ0) is 9.97. The van der Waals surface area contributed by atoms with Gasteiger partial charge in [0, 0.05) is 11.8 Å². The average molecular weight is 189 g/mol. The van der Waals surface area contributed by atoms with Gasteiger partial charge in [-0.3, -0.25) is 4.57 Å². The maximum Gasteiger partial charge on any atom is 0.139 e. The van der Waals surface area contributed by atoms with Crippen LogP contribution in [0.4, 0.5) is 0 Å². The number of pyridine rings is 1. The first-order valence-corrected chi connectivity index (χ1v) is 3.80. The van der Waals surface area contributed by atoms with Crippen LogP contribution in [0.3, 0.4) is 0 Å². The molecule has 0 aliphatic heterocycles. The third-order valence-corrected chi connectivity index (χ3v) is 1.66. The minimum atomic E-state index is -1.23. The van der Waals surface area contributed by atoms with E-state index in [0.717, 1.165) is 0 Å². The van der Waals surface area contributed by atoms with Crippen LogP contribution in [0.1, 0.15) is 10.4 Å². The Morgan fingerprint density at radius 3 is 2.71 bits per heavy atom. The van der Waals surface area contributed by atoms with Crippen LogP contribution >= 0.6 is 0 Å². The van der Waals surface area contributed by atoms with E-state index in [1.54, 1.807) is 0 Å². The second-order valence-electron chi connectivity index (χ2n) is 2.56. The van der Waals surface area contributed by atoms with Crippen molar-refractivity contribution in [2.24, 2.45) is 0 Å². The molecule has 0 saturated heterocycles. The van der Waals surface area contributed by atoms with Gasteiger partial charge >= 0.3 is 0 Å². The molecule has 14 heavy (non-hydrogen) atoms. The summed E-state index contributed by atoms with van der Waals surface area (Å²) in [5, 5.41) is 17.7. The Balaban J connectivity index is 2.46. The third kappa shape index (κ3) is 1.45. The summed E-state index contributed by atoms with van der Waals surface area (Å²) < 4.78 is 1.51. The molecule has 2 heterocycles. The predicted octanol–water partition coefficient (Wildman–Crippen LogP) is -0.974. The molecule has 6 heteroatoms. The van der Waals surface area contributed by atoms with E-state index in [0.29, 0.717) is 5.82 Å². The van der Waals surface area contributed by atoms with Crippen molar-refractivity contribution in [3.63, 3.8) is 0 Å². The molecule has 0 radical (unpaired) electrons. The summed E-state index contributed by atoms with van der Waals surface area (Å²) in [4.78, 5) is 14.5. The fourth-order valence-corrected chi connectivity index (χ4v) is 1.01. The first-order valence-electron chi connectivity index (χ1n) is 3.80. The van der Waals surface area contributed by atoms with E-state index in [2.05, 4.69) is 15.2 Å². The summed E-state index contributed by atoms with van der Waals surface area (Å²) >= 11 is 0. The van der Waals surface area contributed by atoms with Crippen molar-refractivity contribution in [3.8, 4) is 5.82 Å². The molecule has 2 aromatic rings.